The van der Waals surface area contributed by atoms with Gasteiger partial charge in [-0.3, -0.25) is 0 Å². The van der Waals surface area contributed by atoms with Gasteiger partial charge in [-0.1, -0.05) is 6.07 Å². The van der Waals surface area contributed by atoms with E-state index in [1.165, 1.54) is 5.56 Å². The number of benzene rings is 1. The quantitative estimate of drug-likeness (QED) is 0.578. The maximum atomic E-state index is 10.8. The van der Waals surface area contributed by atoms with E-state index in [0.717, 1.165) is 30.8 Å². The maximum absolute atomic E-state index is 10.8. The second-order valence-electron chi connectivity index (χ2n) is 6.03. The number of fused-ring (bicyclic) bond motifs is 1. The van der Waals surface area contributed by atoms with Gasteiger partial charge in [-0.15, -0.1) is 0 Å². The van der Waals surface area contributed by atoms with Crippen LogP contribution in [0.2, 0.25) is 0 Å². The minimum absolute atomic E-state index is 0.303. The first-order valence-corrected chi connectivity index (χ1v) is 8.85. The Morgan fingerprint density at radius 3 is 2.59 bits per heavy atom. The molecule has 0 saturated heterocycles. The Balaban J connectivity index is 2.18. The van der Waals surface area contributed by atoms with Crippen LogP contribution in [0.25, 0.3) is 0 Å². The molecule has 1 heterocycles. The molecule has 0 N–H and O–H groups in total. The van der Waals surface area contributed by atoms with Crippen LogP contribution in [-0.2, 0) is 23.1 Å². The van der Waals surface area contributed by atoms with Gasteiger partial charge in [0, 0.05) is 18.6 Å². The van der Waals surface area contributed by atoms with E-state index in [1.807, 2.05) is 6.07 Å². The highest BCUT2D eigenvalue weighted by molar-refractivity contribution is 7.85. The monoisotopic (exact) mass is 329 g/mol. The van der Waals surface area contributed by atoms with E-state index in [9.17, 15) is 13.0 Å². The van der Waals surface area contributed by atoms with Crippen molar-refractivity contribution in [1.29, 1.82) is 0 Å². The molecule has 1 unspecified atom stereocenters. The highest BCUT2D eigenvalue weighted by Crippen LogP contribution is 2.38. The second kappa shape index (κ2) is 6.44. The SMILES string of the molecule is COc1ccc2c(c1OC)C[N+](C)(CCCS(=O)(=O)[O-])CC2. The van der Waals surface area contributed by atoms with E-state index in [4.69, 9.17) is 9.47 Å². The highest BCUT2D eigenvalue weighted by atomic mass is 32.2. The number of ether oxygens (including phenoxy) is 2. The van der Waals surface area contributed by atoms with Crippen molar-refractivity contribution in [3.05, 3.63) is 23.3 Å². The smallest absolute Gasteiger partial charge is 0.169 e. The van der Waals surface area contributed by atoms with Crippen LogP contribution in [0.4, 0.5) is 0 Å². The second-order valence-corrected chi connectivity index (χ2v) is 7.55. The molecule has 0 aromatic heterocycles. The standard InChI is InChI=1S/C15H23NO5S/c1-16(8-4-10-22(17,18)19)9-7-12-5-6-14(20-2)15(21-3)13(12)11-16/h5-6H,4,7-11H2,1-3H3. The Bertz CT molecular complexity index is 644. The van der Waals surface area contributed by atoms with Gasteiger partial charge in [-0.05, 0) is 11.6 Å². The number of quaternary nitrogens is 1. The zero-order valence-corrected chi connectivity index (χ0v) is 14.1. The van der Waals surface area contributed by atoms with Gasteiger partial charge < -0.3 is 18.5 Å². The molecular weight excluding hydrogens is 306 g/mol. The lowest BCUT2D eigenvalue weighted by atomic mass is 9.96. The van der Waals surface area contributed by atoms with Crippen LogP contribution in [0.1, 0.15) is 17.5 Å². The normalized spacial score (nSPS) is 21.3. The molecule has 0 radical (unpaired) electrons. The number of hydrogen-bond acceptors (Lipinski definition) is 5. The Hall–Kier alpha value is -1.31. The van der Waals surface area contributed by atoms with Crippen LogP contribution in [0, 0.1) is 0 Å². The topological polar surface area (TPSA) is 75.7 Å². The molecule has 0 bridgehead atoms. The average molecular weight is 329 g/mol. The Morgan fingerprint density at radius 1 is 1.27 bits per heavy atom. The molecule has 124 valence electrons. The summed E-state index contributed by atoms with van der Waals surface area (Å²) < 4.78 is 43.8. The molecule has 1 aromatic rings. The fraction of sp³-hybridized carbons (Fsp3) is 0.600. The van der Waals surface area contributed by atoms with E-state index < -0.39 is 10.1 Å². The molecule has 0 aliphatic carbocycles. The first kappa shape index (κ1) is 17.1. The molecule has 0 saturated carbocycles. The largest absolute Gasteiger partial charge is 0.748 e. The summed E-state index contributed by atoms with van der Waals surface area (Å²) in [5.74, 6) is 1.15. The summed E-state index contributed by atoms with van der Waals surface area (Å²) in [7, 11) is 1.18. The molecule has 6 nitrogen and oxygen atoms in total. The summed E-state index contributed by atoms with van der Waals surface area (Å²) in [5, 5.41) is 0. The molecule has 1 aliphatic rings. The molecule has 7 heteroatoms. The van der Waals surface area contributed by atoms with Gasteiger partial charge >= 0.3 is 0 Å². The molecule has 1 aliphatic heterocycles. The lowest BCUT2D eigenvalue weighted by Gasteiger charge is -2.39. The molecule has 22 heavy (non-hydrogen) atoms. The van der Waals surface area contributed by atoms with E-state index in [1.54, 1.807) is 14.2 Å². The number of hydrogen-bond donors (Lipinski definition) is 0. The van der Waals surface area contributed by atoms with E-state index in [2.05, 4.69) is 13.1 Å². The van der Waals surface area contributed by atoms with Crippen molar-refractivity contribution in [2.24, 2.45) is 0 Å². The zero-order chi connectivity index (χ0) is 16.4. The molecule has 0 fully saturated rings. The van der Waals surface area contributed by atoms with E-state index >= 15 is 0 Å². The average Bonchev–Trinajstić information content (AvgIpc) is 2.44. The van der Waals surface area contributed by atoms with Gasteiger partial charge in [0.1, 0.15) is 6.54 Å². The van der Waals surface area contributed by atoms with Crippen molar-refractivity contribution in [2.45, 2.75) is 19.4 Å². The van der Waals surface area contributed by atoms with Crippen LogP contribution in [0.5, 0.6) is 11.5 Å². The van der Waals surface area contributed by atoms with Gasteiger partial charge in [0.05, 0.1) is 50.0 Å². The number of likely N-dealkylation sites (N-methyl/N-ethyl adjacent to an activating group) is 1. The Labute approximate surface area is 132 Å². The van der Waals surface area contributed by atoms with Crippen LogP contribution in [-0.4, -0.2) is 57.6 Å². The van der Waals surface area contributed by atoms with Gasteiger partial charge in [-0.2, -0.15) is 0 Å². The third-order valence-electron chi connectivity index (χ3n) is 4.30. The lowest BCUT2D eigenvalue weighted by molar-refractivity contribution is -0.924. The summed E-state index contributed by atoms with van der Waals surface area (Å²) in [5.41, 5.74) is 2.35. The minimum atomic E-state index is -4.14. The Morgan fingerprint density at radius 2 is 2.00 bits per heavy atom. The van der Waals surface area contributed by atoms with Crippen LogP contribution < -0.4 is 9.47 Å². The number of methoxy groups -OCH3 is 2. The summed E-state index contributed by atoms with van der Waals surface area (Å²) in [4.78, 5) is 0. The first-order chi connectivity index (χ1) is 10.3. The third-order valence-corrected chi connectivity index (χ3v) is 5.09. The predicted octanol–water partition coefficient (Wildman–Crippen LogP) is 1.14. The highest BCUT2D eigenvalue weighted by Gasteiger charge is 2.31. The molecule has 1 aromatic carbocycles. The number of nitrogens with zero attached hydrogens (tertiary/aromatic N) is 1. The van der Waals surface area contributed by atoms with Crippen molar-refractivity contribution in [3.8, 4) is 11.5 Å². The molecule has 1 atom stereocenters. The molecule has 0 spiro atoms. The van der Waals surface area contributed by atoms with Crippen molar-refractivity contribution >= 4 is 10.1 Å². The fourth-order valence-electron chi connectivity index (χ4n) is 3.10. The van der Waals surface area contributed by atoms with Crippen LogP contribution >= 0.6 is 0 Å². The van der Waals surface area contributed by atoms with Crippen molar-refractivity contribution in [1.82, 2.24) is 0 Å². The maximum Gasteiger partial charge on any atom is 0.169 e. The van der Waals surface area contributed by atoms with Crippen molar-refractivity contribution in [2.75, 3.05) is 40.1 Å². The van der Waals surface area contributed by atoms with Crippen molar-refractivity contribution in [3.63, 3.8) is 0 Å². The number of rotatable bonds is 6. The van der Waals surface area contributed by atoms with Gasteiger partial charge in [0.15, 0.2) is 11.5 Å². The van der Waals surface area contributed by atoms with Gasteiger partial charge in [0.25, 0.3) is 0 Å². The van der Waals surface area contributed by atoms with Crippen LogP contribution in [0.15, 0.2) is 12.1 Å². The summed E-state index contributed by atoms with van der Waals surface area (Å²) >= 11 is 0. The summed E-state index contributed by atoms with van der Waals surface area (Å²) in [6.07, 6.45) is 1.28. The minimum Gasteiger partial charge on any atom is -0.748 e. The third kappa shape index (κ3) is 3.91. The zero-order valence-electron chi connectivity index (χ0n) is 13.3. The van der Waals surface area contributed by atoms with Gasteiger partial charge in [0.2, 0.25) is 0 Å². The van der Waals surface area contributed by atoms with Gasteiger partial charge in [-0.25, -0.2) is 8.42 Å². The van der Waals surface area contributed by atoms with E-state index in [-0.39, 0.29) is 5.75 Å². The molecular formula is C15H23NO5S. The molecule has 2 rings (SSSR count). The Kier molecular flexibility index (Phi) is 4.99. The first-order valence-electron chi connectivity index (χ1n) is 7.28. The van der Waals surface area contributed by atoms with E-state index in [0.29, 0.717) is 23.2 Å². The predicted molar refractivity (Wildman–Crippen MR) is 82.1 cm³/mol. The molecule has 0 amide bonds. The summed E-state index contributed by atoms with van der Waals surface area (Å²) in [6, 6.07) is 3.97. The fourth-order valence-corrected chi connectivity index (χ4v) is 3.59. The lowest BCUT2D eigenvalue weighted by Crippen LogP contribution is -2.48. The van der Waals surface area contributed by atoms with Crippen molar-refractivity contribution < 1.29 is 26.9 Å². The summed E-state index contributed by atoms with van der Waals surface area (Å²) in [6.45, 7) is 2.32. The van der Waals surface area contributed by atoms with Crippen LogP contribution in [0.3, 0.4) is 0 Å².